The van der Waals surface area contributed by atoms with Crippen LogP contribution in [0.25, 0.3) is 0 Å². The number of benzene rings is 2. The second-order valence-corrected chi connectivity index (χ2v) is 8.26. The second-order valence-electron chi connectivity index (χ2n) is 7.86. The summed E-state index contributed by atoms with van der Waals surface area (Å²) in [7, 11) is 0. The number of rotatable bonds is 9. The van der Waals surface area contributed by atoms with Gasteiger partial charge in [0, 0.05) is 10.7 Å². The lowest BCUT2D eigenvalue weighted by atomic mass is 9.78. The van der Waals surface area contributed by atoms with Gasteiger partial charge in [-0.2, -0.15) is 0 Å². The maximum atomic E-state index is 13.5. The van der Waals surface area contributed by atoms with Gasteiger partial charge in [-0.1, -0.05) is 56.0 Å². The lowest BCUT2D eigenvalue weighted by Crippen LogP contribution is -2.38. The van der Waals surface area contributed by atoms with Gasteiger partial charge in [0.25, 0.3) is 0 Å². The van der Waals surface area contributed by atoms with Crippen molar-refractivity contribution >= 4 is 29.2 Å². The first kappa shape index (κ1) is 23.1. The van der Waals surface area contributed by atoms with E-state index in [0.29, 0.717) is 28.6 Å². The molecular weight excluding hydrogens is 414 g/mol. The van der Waals surface area contributed by atoms with Crippen molar-refractivity contribution in [3.05, 3.63) is 58.6 Å². The van der Waals surface area contributed by atoms with Gasteiger partial charge in [-0.05, 0) is 56.0 Å². The van der Waals surface area contributed by atoms with Crippen LogP contribution in [0, 0.1) is 0 Å². The summed E-state index contributed by atoms with van der Waals surface area (Å²) in [6.07, 6.45) is 5.30. The largest absolute Gasteiger partial charge is 0.493 e. The van der Waals surface area contributed by atoms with Crippen LogP contribution in [-0.4, -0.2) is 25.1 Å². The van der Waals surface area contributed by atoms with Gasteiger partial charge >= 0.3 is 5.97 Å². The molecule has 1 N–H and O–H groups in total. The molecule has 1 saturated carbocycles. The Kier molecular flexibility index (Phi) is 7.97. The molecule has 1 amide bonds. The number of esters is 1. The summed E-state index contributed by atoms with van der Waals surface area (Å²) in [4.78, 5) is 26.0. The highest BCUT2D eigenvalue weighted by molar-refractivity contribution is 6.32. The predicted octanol–water partition coefficient (Wildman–Crippen LogP) is 6.15. The van der Waals surface area contributed by atoms with Crippen molar-refractivity contribution in [3.63, 3.8) is 0 Å². The van der Waals surface area contributed by atoms with Crippen LogP contribution in [0.2, 0.25) is 5.02 Å². The van der Waals surface area contributed by atoms with E-state index >= 15 is 0 Å². The molecule has 1 fully saturated rings. The van der Waals surface area contributed by atoms with E-state index in [1.54, 1.807) is 25.1 Å². The third-order valence-electron chi connectivity index (χ3n) is 5.77. The number of amides is 1. The van der Waals surface area contributed by atoms with Crippen molar-refractivity contribution in [2.24, 2.45) is 0 Å². The molecule has 3 rings (SSSR count). The van der Waals surface area contributed by atoms with Gasteiger partial charge in [-0.15, -0.1) is 0 Å². The standard InChI is InChI=1S/C25H30ClNO4/c1-3-5-16-31-22-13-12-18(17-19(22)23(28)30-4-2)27-24(29)25(14-8-9-15-25)20-10-6-7-11-21(20)26/h6-7,10-13,17H,3-5,8-9,14-16H2,1-2H3,(H,27,29). The van der Waals surface area contributed by atoms with Gasteiger partial charge in [-0.25, -0.2) is 4.79 Å². The van der Waals surface area contributed by atoms with Crippen molar-refractivity contribution < 1.29 is 19.1 Å². The topological polar surface area (TPSA) is 64.6 Å². The Bertz CT molecular complexity index is 921. The molecule has 6 heteroatoms. The average molecular weight is 444 g/mol. The van der Waals surface area contributed by atoms with Gasteiger partial charge in [0.2, 0.25) is 5.91 Å². The summed E-state index contributed by atoms with van der Waals surface area (Å²) in [6.45, 7) is 4.62. The molecule has 0 atom stereocenters. The number of ether oxygens (including phenoxy) is 2. The molecule has 2 aromatic carbocycles. The smallest absolute Gasteiger partial charge is 0.341 e. The number of hydrogen-bond donors (Lipinski definition) is 1. The minimum absolute atomic E-state index is 0.104. The quantitative estimate of drug-likeness (QED) is 0.373. The number of nitrogens with one attached hydrogen (secondary N) is 1. The second kappa shape index (κ2) is 10.7. The van der Waals surface area contributed by atoms with Crippen LogP contribution in [0.15, 0.2) is 42.5 Å². The lowest BCUT2D eigenvalue weighted by Gasteiger charge is -2.29. The van der Waals surface area contributed by atoms with Crippen LogP contribution in [0.3, 0.4) is 0 Å². The number of halogens is 1. The molecular formula is C25H30ClNO4. The molecule has 0 aliphatic heterocycles. The summed E-state index contributed by atoms with van der Waals surface area (Å²) in [5.41, 5.74) is 1.04. The highest BCUT2D eigenvalue weighted by Gasteiger charge is 2.44. The molecule has 0 aromatic heterocycles. The Morgan fingerprint density at radius 2 is 1.84 bits per heavy atom. The van der Waals surface area contributed by atoms with Crippen LogP contribution in [-0.2, 0) is 14.9 Å². The molecule has 0 saturated heterocycles. The van der Waals surface area contributed by atoms with Gasteiger partial charge < -0.3 is 14.8 Å². The molecule has 5 nitrogen and oxygen atoms in total. The fourth-order valence-corrected chi connectivity index (χ4v) is 4.44. The number of unbranched alkanes of at least 4 members (excludes halogenated alkanes) is 1. The predicted molar refractivity (Wildman–Crippen MR) is 123 cm³/mol. The highest BCUT2D eigenvalue weighted by Crippen LogP contribution is 2.44. The summed E-state index contributed by atoms with van der Waals surface area (Å²) >= 11 is 6.47. The zero-order valence-electron chi connectivity index (χ0n) is 18.2. The Balaban J connectivity index is 1.88. The molecule has 1 aliphatic carbocycles. The van der Waals surface area contributed by atoms with E-state index in [9.17, 15) is 9.59 Å². The summed E-state index contributed by atoms with van der Waals surface area (Å²) in [5, 5.41) is 3.62. The van der Waals surface area contributed by atoms with Crippen LogP contribution < -0.4 is 10.1 Å². The van der Waals surface area contributed by atoms with Gasteiger partial charge in [0.05, 0.1) is 18.6 Å². The average Bonchev–Trinajstić information content (AvgIpc) is 3.26. The van der Waals surface area contributed by atoms with Crippen LogP contribution in [0.4, 0.5) is 5.69 Å². The third kappa shape index (κ3) is 5.21. The summed E-state index contributed by atoms with van der Waals surface area (Å²) < 4.78 is 11.0. The molecule has 2 aromatic rings. The van der Waals surface area contributed by atoms with E-state index in [2.05, 4.69) is 12.2 Å². The van der Waals surface area contributed by atoms with Crippen LogP contribution >= 0.6 is 11.6 Å². The lowest BCUT2D eigenvalue weighted by molar-refractivity contribution is -0.121. The molecule has 166 valence electrons. The van der Waals surface area contributed by atoms with Crippen molar-refractivity contribution in [1.29, 1.82) is 0 Å². The monoisotopic (exact) mass is 443 g/mol. The zero-order valence-corrected chi connectivity index (χ0v) is 19.0. The normalized spacial score (nSPS) is 14.8. The number of carbonyl (C=O) groups is 2. The van der Waals surface area contributed by atoms with E-state index in [1.807, 2.05) is 24.3 Å². The van der Waals surface area contributed by atoms with E-state index in [4.69, 9.17) is 21.1 Å². The molecule has 0 radical (unpaired) electrons. The van der Waals surface area contributed by atoms with E-state index < -0.39 is 11.4 Å². The number of hydrogen-bond acceptors (Lipinski definition) is 4. The first-order chi connectivity index (χ1) is 15.0. The van der Waals surface area contributed by atoms with Crippen LogP contribution in [0.5, 0.6) is 5.75 Å². The van der Waals surface area contributed by atoms with E-state index in [0.717, 1.165) is 44.1 Å². The molecule has 1 aliphatic rings. The minimum Gasteiger partial charge on any atom is -0.493 e. The highest BCUT2D eigenvalue weighted by atomic mass is 35.5. The maximum absolute atomic E-state index is 13.5. The number of carbonyl (C=O) groups excluding carboxylic acids is 2. The van der Waals surface area contributed by atoms with Gasteiger partial charge in [0.1, 0.15) is 11.3 Å². The maximum Gasteiger partial charge on any atom is 0.341 e. The van der Waals surface area contributed by atoms with Crippen molar-refractivity contribution in [2.75, 3.05) is 18.5 Å². The van der Waals surface area contributed by atoms with Gasteiger partial charge in [0.15, 0.2) is 0 Å². The Morgan fingerprint density at radius 3 is 2.52 bits per heavy atom. The SMILES string of the molecule is CCCCOc1ccc(NC(=O)C2(c3ccccc3Cl)CCCC2)cc1C(=O)OCC. The third-order valence-corrected chi connectivity index (χ3v) is 6.10. The Labute approximate surface area is 189 Å². The number of anilines is 1. The first-order valence-electron chi connectivity index (χ1n) is 11.0. The summed E-state index contributed by atoms with van der Waals surface area (Å²) in [6, 6.07) is 12.6. The fourth-order valence-electron chi connectivity index (χ4n) is 4.13. The van der Waals surface area contributed by atoms with Crippen molar-refractivity contribution in [3.8, 4) is 5.75 Å². The van der Waals surface area contributed by atoms with E-state index in [1.165, 1.54) is 0 Å². The first-order valence-corrected chi connectivity index (χ1v) is 11.4. The molecule has 0 spiro atoms. The van der Waals surface area contributed by atoms with Crippen molar-refractivity contribution in [1.82, 2.24) is 0 Å². The molecule has 0 bridgehead atoms. The minimum atomic E-state index is -0.668. The Hall–Kier alpha value is -2.53. The Morgan fingerprint density at radius 1 is 1.10 bits per heavy atom. The molecule has 0 unspecified atom stereocenters. The van der Waals surface area contributed by atoms with E-state index in [-0.39, 0.29) is 12.5 Å². The van der Waals surface area contributed by atoms with Crippen molar-refractivity contribution in [2.45, 2.75) is 57.8 Å². The fraction of sp³-hybridized carbons (Fsp3) is 0.440. The van der Waals surface area contributed by atoms with Gasteiger partial charge in [-0.3, -0.25) is 4.79 Å². The zero-order chi connectivity index (χ0) is 22.3. The molecule has 0 heterocycles. The summed E-state index contributed by atoms with van der Waals surface area (Å²) in [5.74, 6) is -0.106. The molecule has 31 heavy (non-hydrogen) atoms. The van der Waals surface area contributed by atoms with Crippen LogP contribution in [0.1, 0.15) is 68.3 Å².